The molecule has 4 rings (SSSR count). The van der Waals surface area contributed by atoms with E-state index in [2.05, 4.69) is 15.3 Å². The third-order valence-electron chi connectivity index (χ3n) is 5.16. The molecular weight excluding hydrogens is 332 g/mol. The van der Waals surface area contributed by atoms with Gasteiger partial charge in [0.1, 0.15) is 5.82 Å². The molecule has 0 atom stereocenters. The first-order valence-electron chi connectivity index (χ1n) is 9.30. The van der Waals surface area contributed by atoms with Crippen LogP contribution in [0.1, 0.15) is 43.6 Å². The van der Waals surface area contributed by atoms with Crippen molar-refractivity contribution in [1.82, 2.24) is 29.3 Å². The van der Waals surface area contributed by atoms with Crippen LogP contribution in [0.2, 0.25) is 0 Å². The summed E-state index contributed by atoms with van der Waals surface area (Å²) in [6.07, 6.45) is 10.5. The number of nitrogens with one attached hydrogen (secondary N) is 1. The van der Waals surface area contributed by atoms with Crippen molar-refractivity contribution in [2.75, 3.05) is 6.54 Å². The molecule has 1 saturated carbocycles. The van der Waals surface area contributed by atoms with Gasteiger partial charge < -0.3 is 14.8 Å². The summed E-state index contributed by atoms with van der Waals surface area (Å²) >= 11 is 0. The number of urea groups is 1. The maximum atomic E-state index is 12.6. The minimum atomic E-state index is -0.0526. The van der Waals surface area contributed by atoms with E-state index < -0.39 is 0 Å². The number of rotatable bonds is 3. The van der Waals surface area contributed by atoms with E-state index >= 15 is 0 Å². The maximum absolute atomic E-state index is 12.6. The standard InChI is InChI=1S/C18H24N6O2/c25-17-10-15(11-22-9-6-19-13-22)20-16-12-23(7-3-8-24(16)17)18(26)21-14-4-1-2-5-14/h6,9-10,13-14H,1-5,7-8,11-12H2,(H,21,26). The molecule has 0 saturated heterocycles. The predicted octanol–water partition coefficient (Wildman–Crippen LogP) is 1.35. The summed E-state index contributed by atoms with van der Waals surface area (Å²) in [6, 6.07) is 1.82. The maximum Gasteiger partial charge on any atom is 0.318 e. The van der Waals surface area contributed by atoms with Gasteiger partial charge in [-0.25, -0.2) is 14.8 Å². The number of hydrogen-bond acceptors (Lipinski definition) is 4. The highest BCUT2D eigenvalue weighted by molar-refractivity contribution is 5.74. The Kier molecular flexibility index (Phi) is 4.73. The highest BCUT2D eigenvalue weighted by atomic mass is 16.2. The normalized spacial score (nSPS) is 17.8. The average molecular weight is 356 g/mol. The molecule has 0 bridgehead atoms. The van der Waals surface area contributed by atoms with Crippen molar-refractivity contribution in [3.05, 3.63) is 46.7 Å². The van der Waals surface area contributed by atoms with Gasteiger partial charge in [-0.1, -0.05) is 12.8 Å². The Hall–Kier alpha value is -2.64. The van der Waals surface area contributed by atoms with Crippen molar-refractivity contribution in [3.63, 3.8) is 0 Å². The average Bonchev–Trinajstić information content (AvgIpc) is 3.26. The number of carbonyl (C=O) groups is 1. The van der Waals surface area contributed by atoms with Crippen LogP contribution in [0.5, 0.6) is 0 Å². The number of hydrogen-bond donors (Lipinski definition) is 1. The van der Waals surface area contributed by atoms with Gasteiger partial charge in [-0.05, 0) is 19.3 Å². The quantitative estimate of drug-likeness (QED) is 0.899. The largest absolute Gasteiger partial charge is 0.335 e. The van der Waals surface area contributed by atoms with E-state index in [1.165, 1.54) is 12.8 Å². The molecule has 0 radical (unpaired) electrons. The fourth-order valence-electron chi connectivity index (χ4n) is 3.79. The number of aromatic nitrogens is 4. The van der Waals surface area contributed by atoms with E-state index in [1.807, 2.05) is 10.8 Å². The van der Waals surface area contributed by atoms with Crippen molar-refractivity contribution in [1.29, 1.82) is 0 Å². The molecule has 0 spiro atoms. The van der Waals surface area contributed by atoms with Crippen molar-refractivity contribution >= 4 is 6.03 Å². The number of carbonyl (C=O) groups excluding carboxylic acids is 1. The molecule has 2 aromatic heterocycles. The lowest BCUT2D eigenvalue weighted by Gasteiger charge is -2.23. The Labute approximate surface area is 151 Å². The first kappa shape index (κ1) is 16.8. The van der Waals surface area contributed by atoms with E-state index in [4.69, 9.17) is 0 Å². The zero-order valence-corrected chi connectivity index (χ0v) is 14.8. The summed E-state index contributed by atoms with van der Waals surface area (Å²) in [5, 5.41) is 3.13. The number of fused-ring (bicyclic) bond motifs is 1. The van der Waals surface area contributed by atoms with Gasteiger partial charge in [0.15, 0.2) is 0 Å². The number of nitrogens with zero attached hydrogens (tertiary/aromatic N) is 5. The molecule has 1 N–H and O–H groups in total. The molecule has 138 valence electrons. The Balaban J connectivity index is 1.53. The fraction of sp³-hybridized carbons (Fsp3) is 0.556. The van der Waals surface area contributed by atoms with Crippen LogP contribution in [0.4, 0.5) is 4.79 Å². The second-order valence-corrected chi connectivity index (χ2v) is 7.09. The summed E-state index contributed by atoms with van der Waals surface area (Å²) in [5.41, 5.74) is 0.639. The predicted molar refractivity (Wildman–Crippen MR) is 95.6 cm³/mol. The van der Waals surface area contributed by atoms with Crippen molar-refractivity contribution in [2.24, 2.45) is 0 Å². The lowest BCUT2D eigenvalue weighted by molar-refractivity contribution is 0.191. The molecule has 26 heavy (non-hydrogen) atoms. The van der Waals surface area contributed by atoms with Gasteiger partial charge in [-0.3, -0.25) is 9.36 Å². The van der Waals surface area contributed by atoms with Gasteiger partial charge >= 0.3 is 6.03 Å². The Morgan fingerprint density at radius 3 is 2.85 bits per heavy atom. The molecule has 1 fully saturated rings. The highest BCUT2D eigenvalue weighted by Gasteiger charge is 2.24. The molecule has 1 aliphatic heterocycles. The summed E-state index contributed by atoms with van der Waals surface area (Å²) in [4.78, 5) is 35.6. The first-order chi connectivity index (χ1) is 12.7. The molecule has 2 amide bonds. The highest BCUT2D eigenvalue weighted by Crippen LogP contribution is 2.18. The third-order valence-corrected chi connectivity index (χ3v) is 5.16. The van der Waals surface area contributed by atoms with Crippen molar-refractivity contribution in [3.8, 4) is 0 Å². The topological polar surface area (TPSA) is 85.1 Å². The van der Waals surface area contributed by atoms with Gasteiger partial charge in [0.25, 0.3) is 5.56 Å². The molecule has 2 aromatic rings. The van der Waals surface area contributed by atoms with E-state index in [0.29, 0.717) is 37.7 Å². The first-order valence-corrected chi connectivity index (χ1v) is 9.30. The summed E-state index contributed by atoms with van der Waals surface area (Å²) < 4.78 is 3.57. The minimum Gasteiger partial charge on any atom is -0.335 e. The van der Waals surface area contributed by atoms with Crippen LogP contribution in [0, 0.1) is 0 Å². The van der Waals surface area contributed by atoms with Crippen LogP contribution in [0.25, 0.3) is 0 Å². The Morgan fingerprint density at radius 2 is 2.08 bits per heavy atom. The van der Waals surface area contributed by atoms with E-state index in [0.717, 1.165) is 19.3 Å². The monoisotopic (exact) mass is 356 g/mol. The summed E-state index contributed by atoms with van der Waals surface area (Å²) in [5.74, 6) is 0.659. The molecule has 8 nitrogen and oxygen atoms in total. The van der Waals surface area contributed by atoms with Crippen LogP contribution in [0.3, 0.4) is 0 Å². The van der Waals surface area contributed by atoms with Crippen LogP contribution >= 0.6 is 0 Å². The lowest BCUT2D eigenvalue weighted by Crippen LogP contribution is -2.44. The van der Waals surface area contributed by atoms with Crippen LogP contribution in [-0.2, 0) is 19.6 Å². The second-order valence-electron chi connectivity index (χ2n) is 7.09. The zero-order valence-electron chi connectivity index (χ0n) is 14.8. The number of imidazole rings is 1. The molecule has 1 aliphatic carbocycles. The molecule has 3 heterocycles. The Bertz CT molecular complexity index is 823. The smallest absolute Gasteiger partial charge is 0.318 e. The fourth-order valence-corrected chi connectivity index (χ4v) is 3.79. The van der Waals surface area contributed by atoms with E-state index in [9.17, 15) is 9.59 Å². The van der Waals surface area contributed by atoms with Gasteiger partial charge in [0.2, 0.25) is 0 Å². The molecule has 0 unspecified atom stereocenters. The molecular formula is C18H24N6O2. The SMILES string of the molecule is O=C(NC1CCCC1)N1CCCn2c(nc(Cn3ccnc3)cc2=O)C1. The van der Waals surface area contributed by atoms with Gasteiger partial charge in [-0.2, -0.15) is 0 Å². The van der Waals surface area contributed by atoms with Gasteiger partial charge in [0, 0.05) is 37.6 Å². The van der Waals surface area contributed by atoms with Crippen molar-refractivity contribution < 1.29 is 4.79 Å². The van der Waals surface area contributed by atoms with Crippen LogP contribution in [0.15, 0.2) is 29.6 Å². The lowest BCUT2D eigenvalue weighted by atomic mass is 10.2. The second kappa shape index (κ2) is 7.31. The van der Waals surface area contributed by atoms with Gasteiger partial charge in [-0.15, -0.1) is 0 Å². The number of amides is 2. The Morgan fingerprint density at radius 1 is 1.23 bits per heavy atom. The van der Waals surface area contributed by atoms with Crippen LogP contribution < -0.4 is 10.9 Å². The van der Waals surface area contributed by atoms with E-state index in [1.54, 1.807) is 28.1 Å². The molecule has 2 aliphatic rings. The molecule has 0 aromatic carbocycles. The third kappa shape index (κ3) is 3.63. The molecule has 8 heteroatoms. The van der Waals surface area contributed by atoms with Crippen molar-refractivity contribution in [2.45, 2.75) is 57.8 Å². The van der Waals surface area contributed by atoms with Gasteiger partial charge in [0.05, 0.1) is 25.1 Å². The minimum absolute atomic E-state index is 0.0420. The summed E-state index contributed by atoms with van der Waals surface area (Å²) in [6.45, 7) is 2.10. The zero-order chi connectivity index (χ0) is 17.9. The summed E-state index contributed by atoms with van der Waals surface area (Å²) in [7, 11) is 0. The van der Waals surface area contributed by atoms with E-state index in [-0.39, 0.29) is 17.6 Å². The van der Waals surface area contributed by atoms with Crippen LogP contribution in [-0.4, -0.2) is 42.6 Å².